The second-order valence-corrected chi connectivity index (χ2v) is 8.01. The number of hydrogen-bond acceptors (Lipinski definition) is 6. The molecule has 0 spiro atoms. The molecule has 5 rings (SSSR count). The third-order valence-electron chi connectivity index (χ3n) is 5.18. The van der Waals surface area contributed by atoms with Gasteiger partial charge in [0.15, 0.2) is 5.65 Å². The van der Waals surface area contributed by atoms with Crippen LogP contribution in [0.25, 0.3) is 28.0 Å². The molecule has 4 aromatic rings. The monoisotopic (exact) mass is 409 g/mol. The van der Waals surface area contributed by atoms with Crippen molar-refractivity contribution in [2.45, 2.75) is 25.9 Å². The zero-order chi connectivity index (χ0) is 20.1. The molecule has 1 fully saturated rings. The molecule has 0 aliphatic carbocycles. The Hall–Kier alpha value is -2.90. The van der Waals surface area contributed by atoms with Gasteiger partial charge >= 0.3 is 5.63 Å². The molecule has 0 saturated carbocycles. The van der Waals surface area contributed by atoms with Crippen LogP contribution in [0.3, 0.4) is 0 Å². The van der Waals surface area contributed by atoms with Crippen LogP contribution in [-0.4, -0.2) is 39.5 Å². The molecule has 148 valence electrons. The van der Waals surface area contributed by atoms with Crippen LogP contribution in [0, 0.1) is 0 Å². The molecule has 1 aliphatic rings. The van der Waals surface area contributed by atoms with Gasteiger partial charge in [0, 0.05) is 43.0 Å². The lowest BCUT2D eigenvalue weighted by Gasteiger charge is -2.36. The Labute approximate surface area is 171 Å². The molecule has 2 atom stereocenters. The van der Waals surface area contributed by atoms with Crippen molar-refractivity contribution in [1.29, 1.82) is 0 Å². The highest BCUT2D eigenvalue weighted by molar-refractivity contribution is 6.33. The van der Waals surface area contributed by atoms with E-state index in [9.17, 15) is 4.79 Å². The summed E-state index contributed by atoms with van der Waals surface area (Å²) in [5.41, 5.74) is 1.36. The lowest BCUT2D eigenvalue weighted by Crippen LogP contribution is -2.54. The Morgan fingerprint density at radius 3 is 2.72 bits per heavy atom. The minimum Gasteiger partial charge on any atom is -0.403 e. The SMILES string of the molecule is CC1CN(c2ccc3cc(-c4cn5cccc(Cl)c5n4)c(=O)oc3n2)CC(C)N1. The summed E-state index contributed by atoms with van der Waals surface area (Å²) in [7, 11) is 0. The number of rotatable bonds is 2. The highest BCUT2D eigenvalue weighted by Crippen LogP contribution is 2.25. The van der Waals surface area contributed by atoms with Gasteiger partial charge in [0.1, 0.15) is 5.82 Å². The minimum atomic E-state index is -0.469. The van der Waals surface area contributed by atoms with Crippen LogP contribution in [-0.2, 0) is 0 Å². The molecule has 8 heteroatoms. The van der Waals surface area contributed by atoms with Crippen molar-refractivity contribution in [2.24, 2.45) is 0 Å². The summed E-state index contributed by atoms with van der Waals surface area (Å²) in [6.07, 6.45) is 3.61. The lowest BCUT2D eigenvalue weighted by molar-refractivity contribution is 0.405. The van der Waals surface area contributed by atoms with Crippen LogP contribution >= 0.6 is 11.6 Å². The van der Waals surface area contributed by atoms with Crippen LogP contribution < -0.4 is 15.8 Å². The average molecular weight is 410 g/mol. The summed E-state index contributed by atoms with van der Waals surface area (Å²) in [5, 5.41) is 4.78. The van der Waals surface area contributed by atoms with E-state index in [0.29, 0.717) is 39.7 Å². The molecule has 7 nitrogen and oxygen atoms in total. The van der Waals surface area contributed by atoms with E-state index in [1.54, 1.807) is 22.7 Å². The van der Waals surface area contributed by atoms with Crippen LogP contribution in [0.1, 0.15) is 13.8 Å². The zero-order valence-corrected chi connectivity index (χ0v) is 16.8. The van der Waals surface area contributed by atoms with Crippen molar-refractivity contribution < 1.29 is 4.42 Å². The molecule has 5 heterocycles. The van der Waals surface area contributed by atoms with Gasteiger partial charge in [-0.2, -0.15) is 4.98 Å². The van der Waals surface area contributed by atoms with Crippen molar-refractivity contribution in [3.63, 3.8) is 0 Å². The van der Waals surface area contributed by atoms with E-state index in [4.69, 9.17) is 16.0 Å². The fourth-order valence-electron chi connectivity index (χ4n) is 3.97. The Morgan fingerprint density at radius 2 is 1.97 bits per heavy atom. The smallest absolute Gasteiger partial charge is 0.347 e. The van der Waals surface area contributed by atoms with Crippen molar-refractivity contribution in [1.82, 2.24) is 19.7 Å². The molecule has 2 unspecified atom stereocenters. The number of aromatic nitrogens is 3. The minimum absolute atomic E-state index is 0.330. The normalized spacial score (nSPS) is 19.9. The van der Waals surface area contributed by atoms with Gasteiger partial charge in [0.25, 0.3) is 0 Å². The van der Waals surface area contributed by atoms with Crippen molar-refractivity contribution in [3.05, 3.63) is 58.2 Å². The Kier molecular flexibility index (Phi) is 4.29. The Morgan fingerprint density at radius 1 is 1.17 bits per heavy atom. The van der Waals surface area contributed by atoms with Gasteiger partial charge in [0.2, 0.25) is 5.71 Å². The maximum atomic E-state index is 12.7. The fraction of sp³-hybridized carbons (Fsp3) is 0.286. The maximum Gasteiger partial charge on any atom is 0.347 e. The van der Waals surface area contributed by atoms with Gasteiger partial charge in [-0.1, -0.05) is 11.6 Å². The number of nitrogens with one attached hydrogen (secondary N) is 1. The average Bonchev–Trinajstić information content (AvgIpc) is 3.11. The van der Waals surface area contributed by atoms with Gasteiger partial charge in [-0.05, 0) is 44.2 Å². The van der Waals surface area contributed by atoms with E-state index >= 15 is 0 Å². The summed E-state index contributed by atoms with van der Waals surface area (Å²) in [6, 6.07) is 10.0. The second-order valence-electron chi connectivity index (χ2n) is 7.60. The molecular weight excluding hydrogens is 390 g/mol. The fourth-order valence-corrected chi connectivity index (χ4v) is 4.18. The van der Waals surface area contributed by atoms with E-state index < -0.39 is 5.63 Å². The molecular formula is C21H20ClN5O2. The molecule has 1 N–H and O–H groups in total. The summed E-state index contributed by atoms with van der Waals surface area (Å²) in [4.78, 5) is 24.0. The predicted molar refractivity (Wildman–Crippen MR) is 114 cm³/mol. The molecule has 4 aromatic heterocycles. The maximum absolute atomic E-state index is 12.7. The van der Waals surface area contributed by atoms with Crippen molar-refractivity contribution in [3.8, 4) is 11.3 Å². The standard InChI is InChI=1S/C21H20ClN5O2/c1-12-9-27(10-13(2)23-12)18-6-5-14-8-15(21(28)29-20(14)25-18)17-11-26-7-3-4-16(22)19(26)24-17/h3-8,11-13,23H,9-10H2,1-2H3. The third kappa shape index (κ3) is 3.26. The predicted octanol–water partition coefficient (Wildman–Crippen LogP) is 3.34. The molecule has 0 amide bonds. The lowest BCUT2D eigenvalue weighted by atomic mass is 10.1. The van der Waals surface area contributed by atoms with Gasteiger partial charge < -0.3 is 19.0 Å². The highest BCUT2D eigenvalue weighted by atomic mass is 35.5. The van der Waals surface area contributed by atoms with E-state index in [2.05, 4.69) is 34.0 Å². The first-order chi connectivity index (χ1) is 14.0. The van der Waals surface area contributed by atoms with E-state index in [1.807, 2.05) is 24.4 Å². The molecule has 1 saturated heterocycles. The number of imidazole rings is 1. The van der Waals surface area contributed by atoms with E-state index in [1.165, 1.54) is 0 Å². The summed E-state index contributed by atoms with van der Waals surface area (Å²) < 4.78 is 7.35. The van der Waals surface area contributed by atoms with Gasteiger partial charge in [0.05, 0.1) is 16.3 Å². The molecule has 29 heavy (non-hydrogen) atoms. The summed E-state index contributed by atoms with van der Waals surface area (Å²) >= 11 is 6.20. The molecule has 1 aliphatic heterocycles. The van der Waals surface area contributed by atoms with Crippen LogP contribution in [0.5, 0.6) is 0 Å². The topological polar surface area (TPSA) is 75.7 Å². The summed E-state index contributed by atoms with van der Waals surface area (Å²) in [5.74, 6) is 0.813. The van der Waals surface area contributed by atoms with Gasteiger partial charge in [-0.25, -0.2) is 9.78 Å². The first-order valence-electron chi connectivity index (χ1n) is 9.57. The van der Waals surface area contributed by atoms with Crippen LogP contribution in [0.2, 0.25) is 5.02 Å². The largest absolute Gasteiger partial charge is 0.403 e. The Bertz CT molecular complexity index is 1270. The quantitative estimate of drug-likeness (QED) is 0.547. The van der Waals surface area contributed by atoms with E-state index in [0.717, 1.165) is 24.3 Å². The number of fused-ring (bicyclic) bond motifs is 2. The molecule has 0 radical (unpaired) electrons. The number of piperazine rings is 1. The number of halogens is 1. The van der Waals surface area contributed by atoms with E-state index in [-0.39, 0.29) is 0 Å². The Balaban J connectivity index is 1.56. The highest BCUT2D eigenvalue weighted by Gasteiger charge is 2.22. The van der Waals surface area contributed by atoms with Crippen molar-refractivity contribution in [2.75, 3.05) is 18.0 Å². The third-order valence-corrected chi connectivity index (χ3v) is 5.47. The number of anilines is 1. The number of hydrogen-bond donors (Lipinski definition) is 1. The van der Waals surface area contributed by atoms with Gasteiger partial charge in [-0.3, -0.25) is 0 Å². The molecule has 0 bridgehead atoms. The summed E-state index contributed by atoms with van der Waals surface area (Å²) in [6.45, 7) is 6.01. The zero-order valence-electron chi connectivity index (χ0n) is 16.1. The second kappa shape index (κ2) is 6.86. The first-order valence-corrected chi connectivity index (χ1v) is 9.95. The number of pyridine rings is 2. The first kappa shape index (κ1) is 18.1. The number of nitrogens with zero attached hydrogens (tertiary/aromatic N) is 4. The van der Waals surface area contributed by atoms with Crippen molar-refractivity contribution >= 4 is 34.2 Å². The van der Waals surface area contributed by atoms with Crippen LogP contribution in [0.4, 0.5) is 5.82 Å². The van der Waals surface area contributed by atoms with Crippen LogP contribution in [0.15, 0.2) is 51.9 Å². The van der Waals surface area contributed by atoms with Gasteiger partial charge in [-0.15, -0.1) is 0 Å². The molecule has 0 aromatic carbocycles.